The van der Waals surface area contributed by atoms with Crippen molar-refractivity contribution in [2.75, 3.05) is 13.7 Å². The number of methoxy groups -OCH3 is 1. The number of rotatable bonds is 5. The minimum absolute atomic E-state index is 0.341. The zero-order valence-corrected chi connectivity index (χ0v) is 10.0. The fraction of sp³-hybridized carbons (Fsp3) is 0.333. The molecular weight excluding hydrogens is 235 g/mol. The summed E-state index contributed by atoms with van der Waals surface area (Å²) >= 11 is 0. The summed E-state index contributed by atoms with van der Waals surface area (Å²) < 4.78 is 20.1. The van der Waals surface area contributed by atoms with Crippen LogP contribution in [0.4, 0.5) is 10.1 Å². The lowest BCUT2D eigenvalue weighted by atomic mass is 10.2. The molecule has 0 N–H and O–H groups in total. The molecule has 0 saturated carbocycles. The van der Waals surface area contributed by atoms with Crippen LogP contribution in [0.1, 0.15) is 6.42 Å². The van der Waals surface area contributed by atoms with E-state index in [0.29, 0.717) is 17.7 Å². The lowest BCUT2D eigenvalue weighted by Gasteiger charge is -2.04. The number of benzene rings is 1. The molecule has 0 radical (unpaired) electrons. The van der Waals surface area contributed by atoms with E-state index in [4.69, 9.17) is 10.3 Å². The molecule has 2 rings (SSSR count). The SMILES string of the molecule is COCCCn1cc(N=[N+]=[N-])c2cc(F)ccc21. The Bertz CT molecular complexity index is 601. The smallest absolute Gasteiger partial charge is 0.123 e. The normalized spacial score (nSPS) is 10.6. The van der Waals surface area contributed by atoms with Crippen LogP contribution in [0.5, 0.6) is 0 Å². The number of hydrogen-bond donors (Lipinski definition) is 0. The van der Waals surface area contributed by atoms with E-state index in [0.717, 1.165) is 18.5 Å². The molecule has 0 saturated heterocycles. The Labute approximate surface area is 103 Å². The first-order valence-electron chi connectivity index (χ1n) is 5.58. The maximum atomic E-state index is 13.2. The Morgan fingerprint density at radius 1 is 1.50 bits per heavy atom. The molecule has 0 fully saturated rings. The van der Waals surface area contributed by atoms with Crippen LogP contribution in [0.2, 0.25) is 0 Å². The van der Waals surface area contributed by atoms with Crippen LogP contribution < -0.4 is 0 Å². The zero-order chi connectivity index (χ0) is 13.0. The van der Waals surface area contributed by atoms with Gasteiger partial charge in [0.2, 0.25) is 0 Å². The van der Waals surface area contributed by atoms with Gasteiger partial charge in [-0.25, -0.2) is 4.39 Å². The number of halogens is 1. The molecule has 0 unspecified atom stereocenters. The molecule has 1 aromatic carbocycles. The van der Waals surface area contributed by atoms with E-state index < -0.39 is 0 Å². The molecule has 0 aliphatic heterocycles. The van der Waals surface area contributed by atoms with Crippen molar-refractivity contribution < 1.29 is 9.13 Å². The van der Waals surface area contributed by atoms with Crippen LogP contribution in [-0.4, -0.2) is 18.3 Å². The van der Waals surface area contributed by atoms with Gasteiger partial charge < -0.3 is 9.30 Å². The number of ether oxygens (including phenoxy) is 1. The third-order valence-corrected chi connectivity index (χ3v) is 2.72. The Hall–Kier alpha value is -2.04. The van der Waals surface area contributed by atoms with E-state index in [1.807, 2.05) is 4.57 Å². The largest absolute Gasteiger partial charge is 0.385 e. The molecule has 2 aromatic rings. The Morgan fingerprint density at radius 3 is 3.06 bits per heavy atom. The average Bonchev–Trinajstić information content (AvgIpc) is 2.68. The first-order chi connectivity index (χ1) is 8.76. The average molecular weight is 248 g/mol. The molecule has 94 valence electrons. The summed E-state index contributed by atoms with van der Waals surface area (Å²) in [6.45, 7) is 1.38. The topological polar surface area (TPSA) is 62.9 Å². The van der Waals surface area contributed by atoms with E-state index in [1.54, 1.807) is 19.4 Å². The molecule has 6 heteroatoms. The maximum absolute atomic E-state index is 13.2. The maximum Gasteiger partial charge on any atom is 0.123 e. The molecule has 0 atom stereocenters. The molecule has 0 bridgehead atoms. The summed E-state index contributed by atoms with van der Waals surface area (Å²) in [7, 11) is 1.65. The highest BCUT2D eigenvalue weighted by atomic mass is 19.1. The first kappa shape index (κ1) is 12.4. The Morgan fingerprint density at radius 2 is 2.33 bits per heavy atom. The van der Waals surface area contributed by atoms with Crippen LogP contribution in [0.25, 0.3) is 21.3 Å². The lowest BCUT2D eigenvalue weighted by Crippen LogP contribution is -1.99. The van der Waals surface area contributed by atoms with Crippen molar-refractivity contribution in [2.45, 2.75) is 13.0 Å². The third-order valence-electron chi connectivity index (χ3n) is 2.72. The second-order valence-corrected chi connectivity index (χ2v) is 3.91. The van der Waals surface area contributed by atoms with Crippen LogP contribution in [0.3, 0.4) is 0 Å². The van der Waals surface area contributed by atoms with Crippen molar-refractivity contribution in [3.05, 3.63) is 40.7 Å². The minimum Gasteiger partial charge on any atom is -0.385 e. The van der Waals surface area contributed by atoms with E-state index in [1.165, 1.54) is 12.1 Å². The third kappa shape index (κ3) is 2.45. The first-order valence-corrected chi connectivity index (χ1v) is 5.58. The van der Waals surface area contributed by atoms with E-state index in [9.17, 15) is 4.39 Å². The number of fused-ring (bicyclic) bond motifs is 1. The highest BCUT2D eigenvalue weighted by Gasteiger charge is 2.08. The molecule has 0 spiro atoms. The predicted molar refractivity (Wildman–Crippen MR) is 67.2 cm³/mol. The fourth-order valence-corrected chi connectivity index (χ4v) is 1.94. The van der Waals surface area contributed by atoms with Gasteiger partial charge in [-0.2, -0.15) is 0 Å². The molecule has 0 aliphatic rings. The van der Waals surface area contributed by atoms with Gasteiger partial charge in [0.15, 0.2) is 0 Å². The second-order valence-electron chi connectivity index (χ2n) is 3.91. The minimum atomic E-state index is -0.341. The predicted octanol–water partition coefficient (Wildman–Crippen LogP) is 3.76. The molecule has 1 heterocycles. The highest BCUT2D eigenvalue weighted by molar-refractivity contribution is 5.91. The van der Waals surface area contributed by atoms with Crippen LogP contribution in [-0.2, 0) is 11.3 Å². The van der Waals surface area contributed by atoms with Gasteiger partial charge in [0.1, 0.15) is 5.82 Å². The number of azide groups is 1. The summed E-state index contributed by atoms with van der Waals surface area (Å²) in [6, 6.07) is 4.47. The van der Waals surface area contributed by atoms with E-state index in [2.05, 4.69) is 10.0 Å². The van der Waals surface area contributed by atoms with Crippen molar-refractivity contribution in [3.63, 3.8) is 0 Å². The Kier molecular flexibility index (Phi) is 3.82. The van der Waals surface area contributed by atoms with Gasteiger partial charge >= 0.3 is 0 Å². The number of nitrogens with zero attached hydrogens (tertiary/aromatic N) is 4. The summed E-state index contributed by atoms with van der Waals surface area (Å²) in [6.07, 6.45) is 2.58. The van der Waals surface area contributed by atoms with Gasteiger partial charge in [0.25, 0.3) is 0 Å². The van der Waals surface area contributed by atoms with Crippen LogP contribution in [0, 0.1) is 5.82 Å². The van der Waals surface area contributed by atoms with Gasteiger partial charge in [-0.1, -0.05) is 5.11 Å². The van der Waals surface area contributed by atoms with E-state index in [-0.39, 0.29) is 5.82 Å². The number of aromatic nitrogens is 1. The van der Waals surface area contributed by atoms with Gasteiger partial charge in [-0.15, -0.1) is 0 Å². The van der Waals surface area contributed by atoms with Gasteiger partial charge in [-0.05, 0) is 30.2 Å². The highest BCUT2D eigenvalue weighted by Crippen LogP contribution is 2.29. The quantitative estimate of drug-likeness (QED) is 0.344. The van der Waals surface area contributed by atoms with Crippen molar-refractivity contribution in [1.29, 1.82) is 0 Å². The zero-order valence-electron chi connectivity index (χ0n) is 10.0. The second kappa shape index (κ2) is 5.53. The number of hydrogen-bond acceptors (Lipinski definition) is 2. The van der Waals surface area contributed by atoms with Crippen molar-refractivity contribution in [2.24, 2.45) is 5.11 Å². The van der Waals surface area contributed by atoms with Crippen LogP contribution >= 0.6 is 0 Å². The van der Waals surface area contributed by atoms with Gasteiger partial charge in [0, 0.05) is 42.3 Å². The van der Waals surface area contributed by atoms with Crippen LogP contribution in [0.15, 0.2) is 29.5 Å². The fourth-order valence-electron chi connectivity index (χ4n) is 1.94. The van der Waals surface area contributed by atoms with E-state index >= 15 is 0 Å². The Balaban J connectivity index is 2.43. The summed E-state index contributed by atoms with van der Waals surface area (Å²) in [5.74, 6) is -0.341. The standard InChI is InChI=1S/C12H13FN4O/c1-18-6-2-5-17-8-11(15-16-14)10-7-9(13)3-4-12(10)17/h3-4,7-8H,2,5-6H2,1H3. The molecule has 18 heavy (non-hydrogen) atoms. The summed E-state index contributed by atoms with van der Waals surface area (Å²) in [5, 5.41) is 4.22. The summed E-state index contributed by atoms with van der Waals surface area (Å²) in [5.41, 5.74) is 9.81. The van der Waals surface area contributed by atoms with Crippen molar-refractivity contribution in [3.8, 4) is 0 Å². The molecule has 0 amide bonds. The number of aryl methyl sites for hydroxylation is 1. The van der Waals surface area contributed by atoms with Gasteiger partial charge in [0.05, 0.1) is 5.69 Å². The molecule has 5 nitrogen and oxygen atoms in total. The van der Waals surface area contributed by atoms with Crippen molar-refractivity contribution in [1.82, 2.24) is 4.57 Å². The van der Waals surface area contributed by atoms with Gasteiger partial charge in [-0.3, -0.25) is 0 Å². The molecule has 0 aliphatic carbocycles. The molecular formula is C12H13FN4O. The molecule has 1 aromatic heterocycles. The summed E-state index contributed by atoms with van der Waals surface area (Å²) in [4.78, 5) is 2.76. The lowest BCUT2D eigenvalue weighted by molar-refractivity contribution is 0.190. The monoisotopic (exact) mass is 248 g/mol. The van der Waals surface area contributed by atoms with Crippen molar-refractivity contribution >= 4 is 16.6 Å².